The number of ether oxygens (including phenoxy) is 1. The molecule has 0 aliphatic carbocycles. The first kappa shape index (κ1) is 16.4. The van der Waals surface area contributed by atoms with Crippen LogP contribution in [-0.4, -0.2) is 31.7 Å². The van der Waals surface area contributed by atoms with E-state index in [2.05, 4.69) is 14.9 Å². The second-order valence-electron chi connectivity index (χ2n) is 5.06. The fourth-order valence-electron chi connectivity index (χ4n) is 2.21. The molecule has 0 aliphatic rings. The lowest BCUT2D eigenvalue weighted by molar-refractivity contribution is 0.391. The maximum Gasteiger partial charge on any atom is 0.246 e. The van der Waals surface area contributed by atoms with Crippen LogP contribution >= 0.6 is 0 Å². The molecular weight excluding hydrogens is 306 g/mol. The number of aromatic nitrogens is 2. The third-order valence-electron chi connectivity index (χ3n) is 3.30. The first-order valence-electron chi connectivity index (χ1n) is 6.77. The second-order valence-corrected chi connectivity index (χ2v) is 6.74. The Kier molecular flexibility index (Phi) is 4.82. The third kappa shape index (κ3) is 3.45. The Morgan fingerprint density at radius 1 is 1.41 bits per heavy atom. The van der Waals surface area contributed by atoms with E-state index in [0.717, 1.165) is 11.3 Å². The van der Waals surface area contributed by atoms with Gasteiger partial charge in [0.2, 0.25) is 10.0 Å². The molecule has 120 valence electrons. The molecular formula is C14H19N3O4S. The molecule has 0 spiro atoms. The summed E-state index contributed by atoms with van der Waals surface area (Å²) in [5.41, 5.74) is 1.68. The van der Waals surface area contributed by atoms with Gasteiger partial charge in [0.1, 0.15) is 16.4 Å². The smallest absolute Gasteiger partial charge is 0.246 e. The summed E-state index contributed by atoms with van der Waals surface area (Å²) in [7, 11) is -2.30. The maximum absolute atomic E-state index is 12.5. The average molecular weight is 325 g/mol. The van der Waals surface area contributed by atoms with Crippen molar-refractivity contribution in [3.63, 3.8) is 0 Å². The number of nitrogens with zero attached hydrogens (tertiary/aromatic N) is 2. The zero-order valence-electron chi connectivity index (χ0n) is 13.0. The van der Waals surface area contributed by atoms with Crippen LogP contribution < -0.4 is 9.46 Å². The highest BCUT2D eigenvalue weighted by Crippen LogP contribution is 2.22. The van der Waals surface area contributed by atoms with E-state index in [1.807, 2.05) is 6.92 Å². The summed E-state index contributed by atoms with van der Waals surface area (Å²) in [4.78, 5) is 3.86. The van der Waals surface area contributed by atoms with Gasteiger partial charge in [-0.3, -0.25) is 4.98 Å². The van der Waals surface area contributed by atoms with Crippen LogP contribution in [-0.2, 0) is 16.4 Å². The zero-order chi connectivity index (χ0) is 16.3. The van der Waals surface area contributed by atoms with Gasteiger partial charge in [-0.2, -0.15) is 0 Å². The summed E-state index contributed by atoms with van der Waals surface area (Å²) < 4.78 is 37.7. The SMILES string of the molecule is COc1ccncc1S(=O)(=O)N[C@H](C)Cc1c(C)noc1C. The summed E-state index contributed by atoms with van der Waals surface area (Å²) in [5.74, 6) is 0.953. The van der Waals surface area contributed by atoms with Crippen LogP contribution in [0.1, 0.15) is 23.9 Å². The molecule has 0 aromatic carbocycles. The van der Waals surface area contributed by atoms with E-state index in [1.165, 1.54) is 25.6 Å². The molecule has 0 fully saturated rings. The summed E-state index contributed by atoms with van der Waals surface area (Å²) >= 11 is 0. The second kappa shape index (κ2) is 6.45. The van der Waals surface area contributed by atoms with Gasteiger partial charge in [0.05, 0.1) is 19.0 Å². The average Bonchev–Trinajstić information content (AvgIpc) is 2.78. The number of sulfonamides is 1. The molecule has 0 bridgehead atoms. The summed E-state index contributed by atoms with van der Waals surface area (Å²) in [6.07, 6.45) is 3.23. The molecule has 2 aromatic heterocycles. The largest absolute Gasteiger partial charge is 0.495 e. The van der Waals surface area contributed by atoms with E-state index in [1.54, 1.807) is 13.8 Å². The van der Waals surface area contributed by atoms with Crippen LogP contribution in [0.3, 0.4) is 0 Å². The lowest BCUT2D eigenvalue weighted by Gasteiger charge is -2.15. The highest BCUT2D eigenvalue weighted by Gasteiger charge is 2.23. The Morgan fingerprint density at radius 2 is 2.14 bits per heavy atom. The third-order valence-corrected chi connectivity index (χ3v) is 4.90. The first-order valence-corrected chi connectivity index (χ1v) is 8.25. The van der Waals surface area contributed by atoms with E-state index < -0.39 is 10.0 Å². The van der Waals surface area contributed by atoms with Gasteiger partial charge in [0.15, 0.2) is 0 Å². The zero-order valence-corrected chi connectivity index (χ0v) is 13.8. The van der Waals surface area contributed by atoms with Crippen molar-refractivity contribution in [2.24, 2.45) is 0 Å². The predicted molar refractivity (Wildman–Crippen MR) is 80.3 cm³/mol. The van der Waals surface area contributed by atoms with Crippen molar-refractivity contribution in [3.05, 3.63) is 35.5 Å². The van der Waals surface area contributed by atoms with Gasteiger partial charge < -0.3 is 9.26 Å². The quantitative estimate of drug-likeness (QED) is 0.867. The summed E-state index contributed by atoms with van der Waals surface area (Å²) in [6.45, 7) is 5.42. The van der Waals surface area contributed by atoms with Crippen molar-refractivity contribution in [2.75, 3.05) is 7.11 Å². The predicted octanol–water partition coefficient (Wildman–Crippen LogP) is 1.60. The van der Waals surface area contributed by atoms with E-state index in [9.17, 15) is 8.42 Å². The number of pyridine rings is 1. The normalized spacial score (nSPS) is 13.1. The van der Waals surface area contributed by atoms with Crippen LogP contribution in [0.4, 0.5) is 0 Å². The highest BCUT2D eigenvalue weighted by molar-refractivity contribution is 7.89. The number of rotatable bonds is 6. The van der Waals surface area contributed by atoms with E-state index in [4.69, 9.17) is 9.26 Å². The van der Waals surface area contributed by atoms with Crippen molar-refractivity contribution < 1.29 is 17.7 Å². The van der Waals surface area contributed by atoms with Crippen molar-refractivity contribution >= 4 is 10.0 Å². The van der Waals surface area contributed by atoms with Crippen LogP contribution in [0, 0.1) is 13.8 Å². The van der Waals surface area contributed by atoms with Crippen molar-refractivity contribution in [1.82, 2.24) is 14.9 Å². The molecule has 2 rings (SSSR count). The van der Waals surface area contributed by atoms with Crippen molar-refractivity contribution in [3.8, 4) is 5.75 Å². The fraction of sp³-hybridized carbons (Fsp3) is 0.429. The van der Waals surface area contributed by atoms with Crippen LogP contribution in [0.2, 0.25) is 0 Å². The lowest BCUT2D eigenvalue weighted by atomic mass is 10.1. The fourth-order valence-corrected chi connectivity index (χ4v) is 3.56. The minimum atomic E-state index is -3.72. The number of nitrogens with one attached hydrogen (secondary N) is 1. The van der Waals surface area contributed by atoms with Gasteiger partial charge in [-0.15, -0.1) is 0 Å². The minimum Gasteiger partial charge on any atom is -0.495 e. The number of aryl methyl sites for hydroxylation is 2. The molecule has 1 atom stereocenters. The molecule has 0 saturated heterocycles. The summed E-state index contributed by atoms with van der Waals surface area (Å²) in [5, 5.41) is 3.87. The maximum atomic E-state index is 12.5. The Labute approximate surface area is 129 Å². The Hall–Kier alpha value is -1.93. The van der Waals surface area contributed by atoms with Crippen molar-refractivity contribution in [1.29, 1.82) is 0 Å². The molecule has 0 saturated carbocycles. The standard InChI is InChI=1S/C14H19N3O4S/c1-9(7-12-10(2)16-21-11(12)3)17-22(18,19)14-8-15-6-5-13(14)20-4/h5-6,8-9,17H,7H2,1-4H3/t9-/m1/s1. The molecule has 7 nitrogen and oxygen atoms in total. The molecule has 2 aromatic rings. The van der Waals surface area contributed by atoms with Crippen molar-refractivity contribution in [2.45, 2.75) is 38.1 Å². The molecule has 0 unspecified atom stereocenters. The van der Waals surface area contributed by atoms with Gasteiger partial charge in [-0.25, -0.2) is 13.1 Å². The highest BCUT2D eigenvalue weighted by atomic mass is 32.2. The van der Waals surface area contributed by atoms with Crippen LogP contribution in [0.25, 0.3) is 0 Å². The lowest BCUT2D eigenvalue weighted by Crippen LogP contribution is -2.34. The number of hydrogen-bond acceptors (Lipinski definition) is 6. The molecule has 0 radical (unpaired) electrons. The Balaban J connectivity index is 2.18. The van der Waals surface area contributed by atoms with Gasteiger partial charge in [-0.1, -0.05) is 5.16 Å². The van der Waals surface area contributed by atoms with Gasteiger partial charge >= 0.3 is 0 Å². The molecule has 8 heteroatoms. The van der Waals surface area contributed by atoms with E-state index >= 15 is 0 Å². The number of hydrogen-bond donors (Lipinski definition) is 1. The van der Waals surface area contributed by atoms with Crippen LogP contribution in [0.15, 0.2) is 27.9 Å². The molecule has 0 aliphatic heterocycles. The van der Waals surface area contributed by atoms with E-state index in [0.29, 0.717) is 12.2 Å². The molecule has 0 amide bonds. The summed E-state index contributed by atoms with van der Waals surface area (Å²) in [6, 6.07) is 1.18. The van der Waals surface area contributed by atoms with E-state index in [-0.39, 0.29) is 16.7 Å². The molecule has 2 heterocycles. The van der Waals surface area contributed by atoms with Gasteiger partial charge in [0.25, 0.3) is 0 Å². The van der Waals surface area contributed by atoms with Crippen LogP contribution in [0.5, 0.6) is 5.75 Å². The van der Waals surface area contributed by atoms with Gasteiger partial charge in [-0.05, 0) is 33.3 Å². The monoisotopic (exact) mass is 325 g/mol. The molecule has 1 N–H and O–H groups in total. The number of methoxy groups -OCH3 is 1. The topological polar surface area (TPSA) is 94.3 Å². The first-order chi connectivity index (χ1) is 10.3. The minimum absolute atomic E-state index is 0.0168. The Bertz CT molecular complexity index is 736. The Morgan fingerprint density at radius 3 is 2.73 bits per heavy atom. The molecule has 22 heavy (non-hydrogen) atoms. The van der Waals surface area contributed by atoms with Gasteiger partial charge in [0, 0.05) is 17.8 Å².